The molecular weight excluding hydrogens is 268 g/mol. The van der Waals surface area contributed by atoms with Crippen molar-refractivity contribution >= 4 is 11.9 Å². The van der Waals surface area contributed by atoms with Crippen LogP contribution < -0.4 is 11.1 Å². The number of primary amides is 1. The zero-order valence-corrected chi connectivity index (χ0v) is 12.3. The van der Waals surface area contributed by atoms with Crippen molar-refractivity contribution < 1.29 is 9.59 Å². The Morgan fingerprint density at radius 3 is 2.62 bits per heavy atom. The predicted octanol–water partition coefficient (Wildman–Crippen LogP) is 1.32. The summed E-state index contributed by atoms with van der Waals surface area (Å²) < 4.78 is 0. The standard InChI is InChI=1S/C15H23N4O2/c16-10-15(8-9-18-11-15)19(14(17)21)13(20)7-6-12-4-2-1-3-5-12/h7,12,18H,1-6,8-9,11H2,(H2,17,21). The molecule has 2 fully saturated rings. The summed E-state index contributed by atoms with van der Waals surface area (Å²) in [5, 5.41) is 12.4. The maximum atomic E-state index is 12.4. The Labute approximate surface area is 125 Å². The van der Waals surface area contributed by atoms with Crippen molar-refractivity contribution in [3.63, 3.8) is 0 Å². The molecule has 0 aromatic carbocycles. The van der Waals surface area contributed by atoms with E-state index in [1.807, 2.05) is 0 Å². The van der Waals surface area contributed by atoms with Crippen molar-refractivity contribution in [2.24, 2.45) is 11.7 Å². The largest absolute Gasteiger partial charge is 0.351 e. The molecule has 0 spiro atoms. The van der Waals surface area contributed by atoms with E-state index in [9.17, 15) is 14.9 Å². The second kappa shape index (κ2) is 6.90. The molecule has 1 radical (unpaired) electrons. The number of imide groups is 1. The van der Waals surface area contributed by atoms with Crippen LogP contribution in [0.3, 0.4) is 0 Å². The maximum Gasteiger partial charge on any atom is 0.322 e. The molecule has 21 heavy (non-hydrogen) atoms. The average molecular weight is 291 g/mol. The molecule has 1 aliphatic heterocycles. The highest BCUT2D eigenvalue weighted by Crippen LogP contribution is 2.29. The van der Waals surface area contributed by atoms with Crippen molar-refractivity contribution in [3.05, 3.63) is 6.42 Å². The summed E-state index contributed by atoms with van der Waals surface area (Å²) in [7, 11) is 0. The van der Waals surface area contributed by atoms with Gasteiger partial charge < -0.3 is 11.1 Å². The fourth-order valence-corrected chi connectivity index (χ4v) is 3.33. The Hall–Kier alpha value is -1.61. The van der Waals surface area contributed by atoms with Gasteiger partial charge in [-0.05, 0) is 25.3 Å². The Bertz CT molecular complexity index is 431. The van der Waals surface area contributed by atoms with Crippen molar-refractivity contribution in [2.45, 2.75) is 50.5 Å². The summed E-state index contributed by atoms with van der Waals surface area (Å²) in [4.78, 5) is 25.0. The first kappa shape index (κ1) is 15.8. The molecule has 3 N–H and O–H groups in total. The van der Waals surface area contributed by atoms with E-state index in [4.69, 9.17) is 5.73 Å². The summed E-state index contributed by atoms with van der Waals surface area (Å²) in [5.74, 6) is 0.0792. The number of carbonyl (C=O) groups excluding carboxylic acids is 2. The van der Waals surface area contributed by atoms with Crippen molar-refractivity contribution in [2.75, 3.05) is 13.1 Å². The van der Waals surface area contributed by atoms with Crippen LogP contribution in [0.1, 0.15) is 44.9 Å². The first-order chi connectivity index (χ1) is 10.1. The Morgan fingerprint density at radius 1 is 1.38 bits per heavy atom. The van der Waals surface area contributed by atoms with Crippen LogP contribution in [0, 0.1) is 23.7 Å². The van der Waals surface area contributed by atoms with Crippen LogP contribution in [-0.2, 0) is 4.79 Å². The summed E-state index contributed by atoms with van der Waals surface area (Å²) in [6.07, 6.45) is 8.57. The number of nitrogens with zero attached hydrogens (tertiary/aromatic N) is 2. The van der Waals surface area contributed by atoms with Crippen molar-refractivity contribution in [3.8, 4) is 6.07 Å². The molecule has 2 rings (SSSR count). The summed E-state index contributed by atoms with van der Waals surface area (Å²) in [6, 6.07) is 1.26. The van der Waals surface area contributed by atoms with Crippen LogP contribution >= 0.6 is 0 Å². The van der Waals surface area contributed by atoms with Crippen LogP contribution in [0.4, 0.5) is 4.79 Å². The van der Waals surface area contributed by atoms with Gasteiger partial charge in [-0.3, -0.25) is 4.79 Å². The monoisotopic (exact) mass is 291 g/mol. The predicted molar refractivity (Wildman–Crippen MR) is 77.8 cm³/mol. The van der Waals surface area contributed by atoms with E-state index < -0.39 is 17.5 Å². The number of urea groups is 1. The third kappa shape index (κ3) is 3.53. The van der Waals surface area contributed by atoms with E-state index >= 15 is 0 Å². The van der Waals surface area contributed by atoms with Gasteiger partial charge in [-0.1, -0.05) is 32.1 Å². The fourth-order valence-electron chi connectivity index (χ4n) is 3.33. The van der Waals surface area contributed by atoms with Gasteiger partial charge in [0.2, 0.25) is 5.91 Å². The number of amides is 3. The fraction of sp³-hybridized carbons (Fsp3) is 0.733. The zero-order chi connectivity index (χ0) is 15.3. The van der Waals surface area contributed by atoms with Crippen molar-refractivity contribution in [1.82, 2.24) is 10.2 Å². The molecule has 1 aliphatic carbocycles. The Balaban J connectivity index is 1.99. The number of nitrogens with two attached hydrogens (primary N) is 1. The van der Waals surface area contributed by atoms with E-state index in [0.29, 0.717) is 25.3 Å². The number of hydrogen-bond acceptors (Lipinski definition) is 4. The second-order valence-electron chi connectivity index (χ2n) is 6.03. The summed E-state index contributed by atoms with van der Waals surface area (Å²) >= 11 is 0. The van der Waals surface area contributed by atoms with Crippen LogP contribution in [-0.4, -0.2) is 35.5 Å². The lowest BCUT2D eigenvalue weighted by Crippen LogP contribution is -2.57. The molecule has 2 aliphatic rings. The topological polar surface area (TPSA) is 99.2 Å². The molecule has 1 atom stereocenters. The molecule has 1 saturated heterocycles. The molecule has 3 amide bonds. The number of rotatable bonds is 4. The van der Waals surface area contributed by atoms with Gasteiger partial charge in [0.25, 0.3) is 0 Å². The van der Waals surface area contributed by atoms with E-state index in [1.165, 1.54) is 25.7 Å². The van der Waals surface area contributed by atoms with Gasteiger partial charge in [-0.2, -0.15) is 5.26 Å². The highest BCUT2D eigenvalue weighted by molar-refractivity contribution is 5.99. The Morgan fingerprint density at radius 2 is 2.10 bits per heavy atom. The number of carbonyl (C=O) groups is 2. The van der Waals surface area contributed by atoms with Crippen LogP contribution in [0.15, 0.2) is 0 Å². The molecule has 1 unspecified atom stereocenters. The van der Waals surface area contributed by atoms with Crippen LogP contribution in [0.5, 0.6) is 0 Å². The molecule has 115 valence electrons. The van der Waals surface area contributed by atoms with E-state index in [2.05, 4.69) is 11.4 Å². The van der Waals surface area contributed by atoms with Crippen LogP contribution in [0.2, 0.25) is 0 Å². The molecule has 6 nitrogen and oxygen atoms in total. The highest BCUT2D eigenvalue weighted by atomic mass is 16.2. The first-order valence-corrected chi connectivity index (χ1v) is 7.68. The lowest BCUT2D eigenvalue weighted by molar-refractivity contribution is -0.127. The van der Waals surface area contributed by atoms with Gasteiger partial charge in [0.05, 0.1) is 12.5 Å². The summed E-state index contributed by atoms with van der Waals surface area (Å²) in [5.41, 5.74) is 4.22. The quantitative estimate of drug-likeness (QED) is 0.816. The zero-order valence-electron chi connectivity index (χ0n) is 12.3. The number of nitrogens with one attached hydrogen (secondary N) is 1. The molecule has 0 aromatic heterocycles. The first-order valence-electron chi connectivity index (χ1n) is 7.68. The molecule has 6 heteroatoms. The van der Waals surface area contributed by atoms with Gasteiger partial charge in [-0.25, -0.2) is 9.69 Å². The van der Waals surface area contributed by atoms with E-state index in [1.54, 1.807) is 0 Å². The minimum atomic E-state index is -1.13. The molecule has 0 bridgehead atoms. The number of nitriles is 1. The smallest absolute Gasteiger partial charge is 0.322 e. The van der Waals surface area contributed by atoms with E-state index in [-0.39, 0.29) is 6.54 Å². The molecular formula is C15H23N4O2. The van der Waals surface area contributed by atoms with Gasteiger partial charge in [0, 0.05) is 6.54 Å². The van der Waals surface area contributed by atoms with Crippen LogP contribution in [0.25, 0.3) is 0 Å². The SMILES string of the molecule is N#CC1(N(C(N)=O)C(=O)[CH]CC2CCCCC2)CCNC1. The third-order valence-electron chi connectivity index (χ3n) is 4.56. The Kier molecular flexibility index (Phi) is 5.18. The third-order valence-corrected chi connectivity index (χ3v) is 4.56. The minimum Gasteiger partial charge on any atom is -0.351 e. The van der Waals surface area contributed by atoms with Gasteiger partial charge in [0.15, 0.2) is 5.54 Å². The normalized spacial score (nSPS) is 26.2. The second-order valence-corrected chi connectivity index (χ2v) is 6.03. The van der Waals surface area contributed by atoms with Gasteiger partial charge in [-0.15, -0.1) is 0 Å². The maximum absolute atomic E-state index is 12.4. The lowest BCUT2D eigenvalue weighted by Gasteiger charge is -2.32. The lowest BCUT2D eigenvalue weighted by atomic mass is 9.86. The average Bonchev–Trinajstić information content (AvgIpc) is 2.96. The molecule has 0 aromatic rings. The van der Waals surface area contributed by atoms with Crippen molar-refractivity contribution in [1.29, 1.82) is 5.26 Å². The minimum absolute atomic E-state index is 0.287. The molecule has 1 heterocycles. The number of hydrogen-bond donors (Lipinski definition) is 2. The highest BCUT2D eigenvalue weighted by Gasteiger charge is 2.45. The van der Waals surface area contributed by atoms with Gasteiger partial charge >= 0.3 is 6.03 Å². The summed E-state index contributed by atoms with van der Waals surface area (Å²) in [6.45, 7) is 0.892. The van der Waals surface area contributed by atoms with E-state index in [0.717, 1.165) is 17.7 Å². The molecule has 1 saturated carbocycles. The van der Waals surface area contributed by atoms with Gasteiger partial charge in [0.1, 0.15) is 0 Å².